The Bertz CT molecular complexity index is 562. The van der Waals surface area contributed by atoms with Crippen LogP contribution in [0.15, 0.2) is 12.3 Å². The normalized spacial score (nSPS) is 23.2. The molecule has 7 nitrogen and oxygen atoms in total. The van der Waals surface area contributed by atoms with Crippen molar-refractivity contribution in [2.75, 3.05) is 38.4 Å². The lowest BCUT2D eigenvalue weighted by atomic mass is 10.1. The molecule has 0 bridgehead atoms. The molecule has 1 aromatic heterocycles. The van der Waals surface area contributed by atoms with Crippen molar-refractivity contribution in [3.63, 3.8) is 0 Å². The average molecular weight is 300 g/mol. The van der Waals surface area contributed by atoms with Crippen molar-refractivity contribution in [2.45, 2.75) is 13.0 Å². The molecule has 2 unspecified atom stereocenters. The van der Waals surface area contributed by atoms with E-state index in [1.807, 2.05) is 6.92 Å². The van der Waals surface area contributed by atoms with Crippen LogP contribution in [0.5, 0.6) is 0 Å². The third kappa shape index (κ3) is 3.65. The van der Waals surface area contributed by atoms with Gasteiger partial charge in [-0.3, -0.25) is 0 Å². The van der Waals surface area contributed by atoms with E-state index < -0.39 is 10.0 Å². The van der Waals surface area contributed by atoms with E-state index in [2.05, 4.69) is 15.3 Å². The van der Waals surface area contributed by atoms with Crippen LogP contribution in [-0.2, 0) is 14.8 Å². The summed E-state index contributed by atoms with van der Waals surface area (Å²) in [6.07, 6.45) is 1.67. The Morgan fingerprint density at radius 1 is 1.45 bits per heavy atom. The van der Waals surface area contributed by atoms with Crippen LogP contribution in [0.1, 0.15) is 5.82 Å². The number of hydrogen-bond acceptors (Lipinski definition) is 6. The first-order valence-electron chi connectivity index (χ1n) is 6.42. The number of rotatable bonds is 5. The second-order valence-corrected chi connectivity index (χ2v) is 7.33. The van der Waals surface area contributed by atoms with E-state index in [0.717, 1.165) is 0 Å². The summed E-state index contributed by atoms with van der Waals surface area (Å²) in [5.74, 6) is 1.35. The van der Waals surface area contributed by atoms with E-state index in [9.17, 15) is 8.42 Å². The SMILES string of the molecule is Cc1nccc(NC2COCC2CS(=O)(=O)N(C)C)n1. The molecular weight excluding hydrogens is 280 g/mol. The Kier molecular flexibility index (Phi) is 4.56. The first kappa shape index (κ1) is 15.1. The number of aryl methyl sites for hydroxylation is 1. The Hall–Kier alpha value is -1.25. The highest BCUT2D eigenvalue weighted by Gasteiger charge is 2.33. The molecule has 2 rings (SSSR count). The maximum atomic E-state index is 12.0. The third-order valence-electron chi connectivity index (χ3n) is 3.29. The molecule has 0 aliphatic carbocycles. The Labute approximate surface area is 119 Å². The summed E-state index contributed by atoms with van der Waals surface area (Å²) in [4.78, 5) is 8.30. The minimum Gasteiger partial charge on any atom is -0.379 e. The standard InChI is InChI=1S/C12H20N4O3S/c1-9-13-5-4-12(14-9)15-11-7-19-6-10(11)8-20(17,18)16(2)3/h4-5,10-11H,6-8H2,1-3H3,(H,13,14,15). The van der Waals surface area contributed by atoms with Crippen molar-refractivity contribution in [2.24, 2.45) is 5.92 Å². The zero-order valence-electron chi connectivity index (χ0n) is 11.9. The Balaban J connectivity index is 2.04. The molecule has 1 fully saturated rings. The summed E-state index contributed by atoms with van der Waals surface area (Å²) in [5, 5.41) is 3.23. The molecule has 20 heavy (non-hydrogen) atoms. The van der Waals surface area contributed by atoms with Crippen LogP contribution in [0.3, 0.4) is 0 Å². The highest BCUT2D eigenvalue weighted by molar-refractivity contribution is 7.89. The summed E-state index contributed by atoms with van der Waals surface area (Å²) < 4.78 is 30.6. The molecule has 1 aliphatic heterocycles. The fourth-order valence-electron chi connectivity index (χ4n) is 2.07. The van der Waals surface area contributed by atoms with Gasteiger partial charge in [0.2, 0.25) is 10.0 Å². The summed E-state index contributed by atoms with van der Waals surface area (Å²) in [6.45, 7) is 2.73. The number of aromatic nitrogens is 2. The largest absolute Gasteiger partial charge is 0.379 e. The third-order valence-corrected chi connectivity index (χ3v) is 5.25. The first-order valence-corrected chi connectivity index (χ1v) is 8.03. The van der Waals surface area contributed by atoms with Gasteiger partial charge in [0.05, 0.1) is 25.0 Å². The molecule has 0 amide bonds. The van der Waals surface area contributed by atoms with Crippen LogP contribution in [-0.4, -0.2) is 61.8 Å². The minimum absolute atomic E-state index is 0.0565. The van der Waals surface area contributed by atoms with Crippen molar-refractivity contribution in [3.8, 4) is 0 Å². The highest BCUT2D eigenvalue weighted by Crippen LogP contribution is 2.20. The van der Waals surface area contributed by atoms with Crippen molar-refractivity contribution < 1.29 is 13.2 Å². The number of sulfonamides is 1. The molecule has 0 spiro atoms. The minimum atomic E-state index is -3.23. The number of anilines is 1. The quantitative estimate of drug-likeness (QED) is 0.830. The van der Waals surface area contributed by atoms with E-state index in [-0.39, 0.29) is 17.7 Å². The molecule has 1 saturated heterocycles. The Morgan fingerprint density at radius 3 is 2.85 bits per heavy atom. The van der Waals surface area contributed by atoms with Crippen LogP contribution in [0.4, 0.5) is 5.82 Å². The van der Waals surface area contributed by atoms with Crippen molar-refractivity contribution in [3.05, 3.63) is 18.1 Å². The molecule has 8 heteroatoms. The van der Waals surface area contributed by atoms with E-state index in [1.165, 1.54) is 4.31 Å². The van der Waals surface area contributed by atoms with Gasteiger partial charge in [-0.15, -0.1) is 0 Å². The van der Waals surface area contributed by atoms with Crippen LogP contribution < -0.4 is 5.32 Å². The maximum absolute atomic E-state index is 12.0. The van der Waals surface area contributed by atoms with E-state index in [4.69, 9.17) is 4.74 Å². The van der Waals surface area contributed by atoms with Gasteiger partial charge >= 0.3 is 0 Å². The number of ether oxygens (including phenoxy) is 1. The molecule has 1 N–H and O–H groups in total. The van der Waals surface area contributed by atoms with Crippen molar-refractivity contribution in [1.29, 1.82) is 0 Å². The van der Waals surface area contributed by atoms with Crippen LogP contribution >= 0.6 is 0 Å². The first-order chi connectivity index (χ1) is 9.38. The van der Waals surface area contributed by atoms with Gasteiger partial charge < -0.3 is 10.1 Å². The van der Waals surface area contributed by atoms with Gasteiger partial charge in [-0.1, -0.05) is 0 Å². The van der Waals surface area contributed by atoms with Gasteiger partial charge in [0.25, 0.3) is 0 Å². The number of hydrogen-bond donors (Lipinski definition) is 1. The van der Waals surface area contributed by atoms with Gasteiger partial charge in [0, 0.05) is 26.2 Å². The second-order valence-electron chi connectivity index (χ2n) is 5.10. The van der Waals surface area contributed by atoms with Crippen LogP contribution in [0.2, 0.25) is 0 Å². The summed E-state index contributed by atoms with van der Waals surface area (Å²) in [5.41, 5.74) is 0. The highest BCUT2D eigenvalue weighted by atomic mass is 32.2. The predicted molar refractivity (Wildman–Crippen MR) is 76.0 cm³/mol. The van der Waals surface area contributed by atoms with E-state index in [0.29, 0.717) is 24.9 Å². The summed E-state index contributed by atoms with van der Waals surface area (Å²) >= 11 is 0. The molecule has 0 radical (unpaired) electrons. The topological polar surface area (TPSA) is 84.4 Å². The van der Waals surface area contributed by atoms with Gasteiger partial charge in [0.15, 0.2) is 0 Å². The lowest BCUT2D eigenvalue weighted by Gasteiger charge is -2.21. The number of nitrogens with zero attached hydrogens (tertiary/aromatic N) is 3. The van der Waals surface area contributed by atoms with Gasteiger partial charge in [-0.05, 0) is 13.0 Å². The molecule has 0 aromatic carbocycles. The fourth-order valence-corrected chi connectivity index (χ4v) is 3.24. The summed E-state index contributed by atoms with van der Waals surface area (Å²) in [6, 6.07) is 1.71. The smallest absolute Gasteiger partial charge is 0.214 e. The molecule has 112 valence electrons. The molecule has 2 atom stereocenters. The van der Waals surface area contributed by atoms with Crippen molar-refractivity contribution >= 4 is 15.8 Å². The van der Waals surface area contributed by atoms with Crippen molar-refractivity contribution in [1.82, 2.24) is 14.3 Å². The molecule has 2 heterocycles. The molecule has 0 saturated carbocycles. The summed E-state index contributed by atoms with van der Waals surface area (Å²) in [7, 11) is -0.148. The predicted octanol–water partition coefficient (Wildman–Crippen LogP) is 0.103. The molecule has 1 aromatic rings. The lowest BCUT2D eigenvalue weighted by Crippen LogP contribution is -2.37. The fraction of sp³-hybridized carbons (Fsp3) is 0.667. The number of nitrogens with one attached hydrogen (secondary N) is 1. The maximum Gasteiger partial charge on any atom is 0.214 e. The molecule has 1 aliphatic rings. The van der Waals surface area contributed by atoms with E-state index in [1.54, 1.807) is 26.4 Å². The van der Waals surface area contributed by atoms with Crippen LogP contribution in [0.25, 0.3) is 0 Å². The zero-order valence-corrected chi connectivity index (χ0v) is 12.7. The van der Waals surface area contributed by atoms with Gasteiger partial charge in [0.1, 0.15) is 11.6 Å². The van der Waals surface area contributed by atoms with Crippen LogP contribution in [0, 0.1) is 12.8 Å². The Morgan fingerprint density at radius 2 is 2.20 bits per heavy atom. The molecular formula is C12H20N4O3S. The average Bonchev–Trinajstić information content (AvgIpc) is 2.75. The van der Waals surface area contributed by atoms with Gasteiger partial charge in [-0.25, -0.2) is 22.7 Å². The lowest BCUT2D eigenvalue weighted by molar-refractivity contribution is 0.187. The van der Waals surface area contributed by atoms with Gasteiger partial charge in [-0.2, -0.15) is 0 Å². The zero-order chi connectivity index (χ0) is 14.8. The van der Waals surface area contributed by atoms with E-state index >= 15 is 0 Å². The monoisotopic (exact) mass is 300 g/mol. The second kappa shape index (κ2) is 6.02.